The normalized spacial score (nSPS) is 14.9. The molecule has 5 nitrogen and oxygen atoms in total. The van der Waals surface area contributed by atoms with Crippen LogP contribution < -0.4 is 5.73 Å². The molecule has 0 radical (unpaired) electrons. The van der Waals surface area contributed by atoms with Crippen molar-refractivity contribution in [3.63, 3.8) is 0 Å². The average Bonchev–Trinajstić information content (AvgIpc) is 2.97. The zero-order chi connectivity index (χ0) is 11.6. The molecule has 0 saturated carbocycles. The van der Waals surface area contributed by atoms with E-state index in [1.807, 2.05) is 13.8 Å². The van der Waals surface area contributed by atoms with Crippen molar-refractivity contribution < 1.29 is 8.94 Å². The van der Waals surface area contributed by atoms with Crippen LogP contribution in [0.25, 0.3) is 11.6 Å². The van der Waals surface area contributed by atoms with Crippen LogP contribution in [0.15, 0.2) is 27.3 Å². The highest BCUT2D eigenvalue weighted by Crippen LogP contribution is 2.26. The first-order valence-electron chi connectivity index (χ1n) is 5.28. The number of furan rings is 1. The van der Waals surface area contributed by atoms with Gasteiger partial charge in [0.15, 0.2) is 5.76 Å². The van der Waals surface area contributed by atoms with Crippen molar-refractivity contribution in [3.8, 4) is 11.6 Å². The van der Waals surface area contributed by atoms with E-state index >= 15 is 0 Å². The summed E-state index contributed by atoms with van der Waals surface area (Å²) < 4.78 is 10.4. The number of rotatable bonds is 4. The molecule has 0 spiro atoms. The molecule has 0 fully saturated rings. The fourth-order valence-corrected chi connectivity index (χ4v) is 1.36. The monoisotopic (exact) mass is 221 g/mol. The van der Waals surface area contributed by atoms with Crippen LogP contribution in [0, 0.1) is 0 Å². The third kappa shape index (κ3) is 1.74. The van der Waals surface area contributed by atoms with Crippen molar-refractivity contribution >= 4 is 0 Å². The summed E-state index contributed by atoms with van der Waals surface area (Å²) in [6.45, 7) is 4.53. The molecular weight excluding hydrogens is 206 g/mol. The Morgan fingerprint density at radius 3 is 2.88 bits per heavy atom. The van der Waals surface area contributed by atoms with E-state index in [4.69, 9.17) is 14.7 Å². The lowest BCUT2D eigenvalue weighted by Crippen LogP contribution is -2.31. The molecule has 0 amide bonds. The quantitative estimate of drug-likeness (QED) is 0.853. The molecule has 86 valence electrons. The molecule has 1 atom stereocenters. The van der Waals surface area contributed by atoms with E-state index in [1.165, 1.54) is 0 Å². The van der Waals surface area contributed by atoms with E-state index in [0.717, 1.165) is 6.42 Å². The summed E-state index contributed by atoms with van der Waals surface area (Å²) >= 11 is 0. The van der Waals surface area contributed by atoms with Gasteiger partial charge in [0.05, 0.1) is 11.7 Å². The fraction of sp³-hybridized carbons (Fsp3) is 0.455. The van der Waals surface area contributed by atoms with Gasteiger partial charge in [0, 0.05) is 6.54 Å². The standard InChI is InChI=1S/C11H15N3O2/c1-3-11(2,7-12)10-13-9(14-16-10)8-5-4-6-15-8/h4-6H,3,7,12H2,1-2H3. The predicted octanol–water partition coefficient (Wildman–Crippen LogP) is 1.96. The van der Waals surface area contributed by atoms with Gasteiger partial charge in [-0.3, -0.25) is 0 Å². The first-order valence-corrected chi connectivity index (χ1v) is 5.28. The zero-order valence-corrected chi connectivity index (χ0v) is 9.43. The van der Waals surface area contributed by atoms with Crippen molar-refractivity contribution in [2.24, 2.45) is 5.73 Å². The molecule has 2 aromatic heterocycles. The van der Waals surface area contributed by atoms with Gasteiger partial charge in [-0.25, -0.2) is 0 Å². The fourth-order valence-electron chi connectivity index (χ4n) is 1.36. The van der Waals surface area contributed by atoms with Crippen LogP contribution in [0.1, 0.15) is 26.2 Å². The Morgan fingerprint density at radius 2 is 2.31 bits per heavy atom. The van der Waals surface area contributed by atoms with Gasteiger partial charge in [-0.2, -0.15) is 4.98 Å². The number of aromatic nitrogens is 2. The Kier molecular flexibility index (Phi) is 2.78. The van der Waals surface area contributed by atoms with Gasteiger partial charge in [0.1, 0.15) is 0 Å². The summed E-state index contributed by atoms with van der Waals surface area (Å²) in [5.41, 5.74) is 5.46. The second-order valence-electron chi connectivity index (χ2n) is 4.02. The van der Waals surface area contributed by atoms with Crippen LogP contribution >= 0.6 is 0 Å². The van der Waals surface area contributed by atoms with Gasteiger partial charge >= 0.3 is 0 Å². The number of hydrogen-bond donors (Lipinski definition) is 1. The maximum atomic E-state index is 5.73. The minimum Gasteiger partial charge on any atom is -0.461 e. The van der Waals surface area contributed by atoms with Gasteiger partial charge in [-0.1, -0.05) is 12.1 Å². The molecule has 0 aromatic carbocycles. The van der Waals surface area contributed by atoms with Gasteiger partial charge in [-0.05, 0) is 25.5 Å². The van der Waals surface area contributed by atoms with E-state index in [0.29, 0.717) is 24.0 Å². The third-order valence-electron chi connectivity index (χ3n) is 2.91. The predicted molar refractivity (Wildman–Crippen MR) is 58.7 cm³/mol. The molecule has 2 N–H and O–H groups in total. The van der Waals surface area contributed by atoms with Crippen molar-refractivity contribution in [3.05, 3.63) is 24.3 Å². The van der Waals surface area contributed by atoms with Gasteiger partial charge in [-0.15, -0.1) is 0 Å². The summed E-state index contributed by atoms with van der Waals surface area (Å²) in [7, 11) is 0. The lowest BCUT2D eigenvalue weighted by atomic mass is 9.88. The van der Waals surface area contributed by atoms with E-state index in [1.54, 1.807) is 18.4 Å². The molecule has 0 aliphatic carbocycles. The molecule has 2 heterocycles. The Labute approximate surface area is 93.6 Å². The van der Waals surface area contributed by atoms with Crippen molar-refractivity contribution in [2.45, 2.75) is 25.7 Å². The summed E-state index contributed by atoms with van der Waals surface area (Å²) in [6.07, 6.45) is 2.43. The first kappa shape index (κ1) is 10.9. The summed E-state index contributed by atoms with van der Waals surface area (Å²) in [6, 6.07) is 3.58. The largest absolute Gasteiger partial charge is 0.461 e. The molecule has 16 heavy (non-hydrogen) atoms. The highest BCUT2D eigenvalue weighted by Gasteiger charge is 2.30. The molecular formula is C11H15N3O2. The van der Waals surface area contributed by atoms with Crippen LogP contribution in [0.3, 0.4) is 0 Å². The Balaban J connectivity index is 2.33. The van der Waals surface area contributed by atoms with E-state index in [2.05, 4.69) is 10.1 Å². The van der Waals surface area contributed by atoms with Crippen molar-refractivity contribution in [2.75, 3.05) is 6.54 Å². The van der Waals surface area contributed by atoms with E-state index in [-0.39, 0.29) is 5.41 Å². The Morgan fingerprint density at radius 1 is 1.50 bits per heavy atom. The van der Waals surface area contributed by atoms with Crippen LogP contribution in [-0.2, 0) is 5.41 Å². The molecule has 0 saturated heterocycles. The molecule has 0 bridgehead atoms. The second-order valence-corrected chi connectivity index (χ2v) is 4.02. The zero-order valence-electron chi connectivity index (χ0n) is 9.43. The van der Waals surface area contributed by atoms with E-state index in [9.17, 15) is 0 Å². The van der Waals surface area contributed by atoms with Gasteiger partial charge in [0.2, 0.25) is 11.7 Å². The van der Waals surface area contributed by atoms with Crippen LogP contribution in [-0.4, -0.2) is 16.7 Å². The molecule has 2 rings (SSSR count). The maximum absolute atomic E-state index is 5.73. The number of nitrogens with zero attached hydrogens (tertiary/aromatic N) is 2. The van der Waals surface area contributed by atoms with E-state index < -0.39 is 0 Å². The lowest BCUT2D eigenvalue weighted by Gasteiger charge is -2.20. The minimum absolute atomic E-state index is 0.266. The smallest absolute Gasteiger partial charge is 0.238 e. The minimum atomic E-state index is -0.266. The topological polar surface area (TPSA) is 78.1 Å². The molecule has 0 aliphatic heterocycles. The van der Waals surface area contributed by atoms with Crippen LogP contribution in [0.2, 0.25) is 0 Å². The summed E-state index contributed by atoms with van der Waals surface area (Å²) in [5, 5.41) is 3.89. The van der Waals surface area contributed by atoms with Crippen molar-refractivity contribution in [1.82, 2.24) is 10.1 Å². The summed E-state index contributed by atoms with van der Waals surface area (Å²) in [4.78, 5) is 4.31. The Bertz CT molecular complexity index is 444. The molecule has 0 aliphatic rings. The maximum Gasteiger partial charge on any atom is 0.238 e. The number of nitrogens with two attached hydrogens (primary N) is 1. The van der Waals surface area contributed by atoms with Crippen LogP contribution in [0.4, 0.5) is 0 Å². The SMILES string of the molecule is CCC(C)(CN)c1nc(-c2ccco2)no1. The van der Waals surface area contributed by atoms with Gasteiger partial charge in [0.25, 0.3) is 0 Å². The molecule has 5 heteroatoms. The third-order valence-corrected chi connectivity index (χ3v) is 2.91. The van der Waals surface area contributed by atoms with Crippen molar-refractivity contribution in [1.29, 1.82) is 0 Å². The molecule has 1 unspecified atom stereocenters. The van der Waals surface area contributed by atoms with Gasteiger partial charge < -0.3 is 14.7 Å². The summed E-state index contributed by atoms with van der Waals surface area (Å²) in [5.74, 6) is 1.63. The number of hydrogen-bond acceptors (Lipinski definition) is 5. The Hall–Kier alpha value is -1.62. The first-order chi connectivity index (χ1) is 7.69. The molecule has 2 aromatic rings. The lowest BCUT2D eigenvalue weighted by molar-refractivity contribution is 0.290. The highest BCUT2D eigenvalue weighted by atomic mass is 16.5. The average molecular weight is 221 g/mol. The van der Waals surface area contributed by atoms with Crippen LogP contribution in [0.5, 0.6) is 0 Å². The highest BCUT2D eigenvalue weighted by molar-refractivity contribution is 5.44. The second kappa shape index (κ2) is 4.09.